The Kier molecular flexibility index (Phi) is 5.73. The molecule has 4 nitrogen and oxygen atoms in total. The third kappa shape index (κ3) is 5.23. The molecule has 0 radical (unpaired) electrons. The lowest BCUT2D eigenvalue weighted by Crippen LogP contribution is -2.44. The third-order valence-electron chi connectivity index (χ3n) is 2.88. The van der Waals surface area contributed by atoms with Gasteiger partial charge in [0.15, 0.2) is 0 Å². The van der Waals surface area contributed by atoms with Crippen LogP contribution >= 0.6 is 0 Å². The summed E-state index contributed by atoms with van der Waals surface area (Å²) in [7, 11) is 0. The summed E-state index contributed by atoms with van der Waals surface area (Å²) in [5, 5.41) is 2.41. The van der Waals surface area contributed by atoms with Gasteiger partial charge in [-0.3, -0.25) is 9.59 Å². The molecule has 0 heterocycles. The van der Waals surface area contributed by atoms with Crippen molar-refractivity contribution in [2.24, 2.45) is 5.73 Å². The van der Waals surface area contributed by atoms with E-state index in [1.165, 1.54) is 0 Å². The average molecular weight is 314 g/mol. The number of hydrogen-bond acceptors (Lipinski definition) is 2. The van der Waals surface area contributed by atoms with Crippen LogP contribution in [0.25, 0.3) is 0 Å². The molecule has 0 aliphatic carbocycles. The molecule has 1 aromatic carbocycles. The van der Waals surface area contributed by atoms with Crippen LogP contribution in [-0.4, -0.2) is 17.9 Å². The number of alkyl halides is 3. The highest BCUT2D eigenvalue weighted by molar-refractivity contribution is 5.97. The molecule has 22 heavy (non-hydrogen) atoms. The highest BCUT2D eigenvalue weighted by Crippen LogP contribution is 2.29. The first-order chi connectivity index (χ1) is 10.1. The lowest BCUT2D eigenvalue weighted by Gasteiger charge is -2.14. The number of carbonyl (C=O) groups excluding carboxylic acids is 2. The molecule has 120 valence electrons. The van der Waals surface area contributed by atoms with E-state index in [1.54, 1.807) is 6.08 Å². The molecule has 1 rings (SSSR count). The molecular weight excluding hydrogens is 297 g/mol. The summed E-state index contributed by atoms with van der Waals surface area (Å²) < 4.78 is 37.3. The highest BCUT2D eigenvalue weighted by atomic mass is 19.4. The Morgan fingerprint density at radius 3 is 2.18 bits per heavy atom. The fourth-order valence-corrected chi connectivity index (χ4v) is 1.65. The monoisotopic (exact) mass is 314 g/mol. The van der Waals surface area contributed by atoms with Gasteiger partial charge < -0.3 is 11.1 Å². The number of hydrogen-bond donors (Lipinski definition) is 2. The van der Waals surface area contributed by atoms with Gasteiger partial charge in [-0.2, -0.15) is 13.2 Å². The number of halogens is 3. The van der Waals surface area contributed by atoms with Crippen molar-refractivity contribution < 1.29 is 22.8 Å². The summed E-state index contributed by atoms with van der Waals surface area (Å²) in [5.41, 5.74) is 5.33. The molecule has 0 fully saturated rings. The predicted molar refractivity (Wildman–Crippen MR) is 75.9 cm³/mol. The van der Waals surface area contributed by atoms with Crippen LogP contribution in [0.3, 0.4) is 0 Å². The Balaban J connectivity index is 2.82. The van der Waals surface area contributed by atoms with E-state index in [0.29, 0.717) is 0 Å². The fraction of sp³-hybridized carbons (Fsp3) is 0.333. The van der Waals surface area contributed by atoms with E-state index < -0.39 is 29.6 Å². The largest absolute Gasteiger partial charge is 0.416 e. The first kappa shape index (κ1) is 17.7. The molecule has 1 atom stereocenters. The lowest BCUT2D eigenvalue weighted by molar-refractivity contribution is -0.137. The van der Waals surface area contributed by atoms with Crippen LogP contribution in [0.4, 0.5) is 13.2 Å². The predicted octanol–water partition coefficient (Wildman–Crippen LogP) is 2.65. The SMILES string of the molecule is CC(C)=CC[C@@H](NC(=O)c1ccc(C(F)(F)F)cc1)C(N)=O. The van der Waals surface area contributed by atoms with Crippen LogP contribution in [0.15, 0.2) is 35.9 Å². The maximum absolute atomic E-state index is 12.4. The zero-order valence-corrected chi connectivity index (χ0v) is 12.2. The Labute approximate surface area is 126 Å². The fourth-order valence-electron chi connectivity index (χ4n) is 1.65. The zero-order valence-electron chi connectivity index (χ0n) is 12.2. The minimum Gasteiger partial charge on any atom is -0.368 e. The smallest absolute Gasteiger partial charge is 0.368 e. The van der Waals surface area contributed by atoms with Gasteiger partial charge in [-0.15, -0.1) is 0 Å². The summed E-state index contributed by atoms with van der Waals surface area (Å²) in [5.74, 6) is -1.36. The van der Waals surface area contributed by atoms with Crippen molar-refractivity contribution in [2.75, 3.05) is 0 Å². The van der Waals surface area contributed by atoms with Gasteiger partial charge in [-0.05, 0) is 44.5 Å². The number of carbonyl (C=O) groups is 2. The molecule has 0 bridgehead atoms. The topological polar surface area (TPSA) is 72.2 Å². The van der Waals surface area contributed by atoms with Crippen LogP contribution in [0, 0.1) is 0 Å². The first-order valence-electron chi connectivity index (χ1n) is 6.52. The van der Waals surface area contributed by atoms with Crippen molar-refractivity contribution in [2.45, 2.75) is 32.5 Å². The summed E-state index contributed by atoms with van der Waals surface area (Å²) in [6, 6.07) is 2.81. The Hall–Kier alpha value is -2.31. The molecule has 0 unspecified atom stereocenters. The molecule has 0 saturated heterocycles. The molecule has 0 saturated carbocycles. The van der Waals surface area contributed by atoms with E-state index in [9.17, 15) is 22.8 Å². The van der Waals surface area contributed by atoms with Crippen molar-refractivity contribution in [3.63, 3.8) is 0 Å². The molecule has 0 aromatic heterocycles. The summed E-state index contributed by atoms with van der Waals surface area (Å²) in [4.78, 5) is 23.2. The van der Waals surface area contributed by atoms with E-state index in [-0.39, 0.29) is 12.0 Å². The number of primary amides is 1. The van der Waals surface area contributed by atoms with Crippen molar-refractivity contribution in [1.29, 1.82) is 0 Å². The van der Waals surface area contributed by atoms with Gasteiger partial charge in [0.05, 0.1) is 5.56 Å². The number of nitrogens with one attached hydrogen (secondary N) is 1. The van der Waals surface area contributed by atoms with Crippen LogP contribution in [0.1, 0.15) is 36.2 Å². The first-order valence-corrected chi connectivity index (χ1v) is 6.52. The Morgan fingerprint density at radius 1 is 1.23 bits per heavy atom. The van der Waals surface area contributed by atoms with E-state index in [2.05, 4.69) is 5.32 Å². The quantitative estimate of drug-likeness (QED) is 0.820. The lowest BCUT2D eigenvalue weighted by atomic mass is 10.1. The Morgan fingerprint density at radius 2 is 1.77 bits per heavy atom. The van der Waals surface area contributed by atoms with Crippen molar-refractivity contribution >= 4 is 11.8 Å². The molecule has 3 N–H and O–H groups in total. The van der Waals surface area contributed by atoms with Gasteiger partial charge in [0.1, 0.15) is 6.04 Å². The van der Waals surface area contributed by atoms with E-state index in [4.69, 9.17) is 5.73 Å². The van der Waals surface area contributed by atoms with E-state index in [1.807, 2.05) is 13.8 Å². The van der Waals surface area contributed by atoms with Gasteiger partial charge in [-0.1, -0.05) is 11.6 Å². The number of benzene rings is 1. The van der Waals surface area contributed by atoms with Crippen LogP contribution < -0.4 is 11.1 Å². The van der Waals surface area contributed by atoms with Crippen molar-refractivity contribution in [3.8, 4) is 0 Å². The van der Waals surface area contributed by atoms with Crippen molar-refractivity contribution in [1.82, 2.24) is 5.32 Å². The number of rotatable bonds is 5. The summed E-state index contributed by atoms with van der Waals surface area (Å²) in [6.07, 6.45) is -2.50. The minimum atomic E-state index is -4.46. The maximum Gasteiger partial charge on any atom is 0.416 e. The number of amides is 2. The molecule has 7 heteroatoms. The van der Waals surface area contributed by atoms with Gasteiger partial charge in [-0.25, -0.2) is 0 Å². The second-order valence-corrected chi connectivity index (χ2v) is 5.02. The molecule has 0 spiro atoms. The van der Waals surface area contributed by atoms with Crippen molar-refractivity contribution in [3.05, 3.63) is 47.0 Å². The molecule has 1 aromatic rings. The van der Waals surface area contributed by atoms with E-state index in [0.717, 1.165) is 29.8 Å². The minimum absolute atomic E-state index is 0.0245. The highest BCUT2D eigenvalue weighted by Gasteiger charge is 2.30. The van der Waals surface area contributed by atoms with Crippen LogP contribution in [0.5, 0.6) is 0 Å². The summed E-state index contributed by atoms with van der Waals surface area (Å²) in [6.45, 7) is 3.66. The van der Waals surface area contributed by atoms with Crippen LogP contribution in [-0.2, 0) is 11.0 Å². The van der Waals surface area contributed by atoms with Gasteiger partial charge in [0.25, 0.3) is 5.91 Å². The Bertz CT molecular complexity index is 573. The zero-order chi connectivity index (χ0) is 16.9. The average Bonchev–Trinajstić information content (AvgIpc) is 2.41. The second-order valence-electron chi connectivity index (χ2n) is 5.02. The standard InChI is InChI=1S/C15H17F3N2O2/c1-9(2)3-8-12(13(19)21)20-14(22)10-4-6-11(7-5-10)15(16,17)18/h3-7,12H,8H2,1-2H3,(H2,19,21)(H,20,22)/t12-/m1/s1. The van der Waals surface area contributed by atoms with Crippen LogP contribution in [0.2, 0.25) is 0 Å². The molecular formula is C15H17F3N2O2. The number of allylic oxidation sites excluding steroid dienone is 1. The molecule has 0 aliphatic heterocycles. The van der Waals surface area contributed by atoms with Gasteiger partial charge in [0, 0.05) is 5.56 Å². The molecule has 0 aliphatic rings. The third-order valence-corrected chi connectivity index (χ3v) is 2.88. The normalized spacial score (nSPS) is 12.4. The number of nitrogens with two attached hydrogens (primary N) is 1. The van der Waals surface area contributed by atoms with Gasteiger partial charge >= 0.3 is 6.18 Å². The van der Waals surface area contributed by atoms with E-state index >= 15 is 0 Å². The summed E-state index contributed by atoms with van der Waals surface area (Å²) >= 11 is 0. The second kappa shape index (κ2) is 7.11. The van der Waals surface area contributed by atoms with Gasteiger partial charge in [0.2, 0.25) is 5.91 Å². The maximum atomic E-state index is 12.4. The molecule has 2 amide bonds.